The van der Waals surface area contributed by atoms with Gasteiger partial charge in [-0.3, -0.25) is 4.79 Å². The number of ether oxygens (including phenoxy) is 3. The van der Waals surface area contributed by atoms with Crippen LogP contribution >= 0.6 is 0 Å². The largest absolute Gasteiger partial charge is 0.497 e. The Morgan fingerprint density at radius 3 is 2.35 bits per heavy atom. The number of amides is 1. The molecule has 8 heteroatoms. The highest BCUT2D eigenvalue weighted by Crippen LogP contribution is 2.28. The molecule has 0 heterocycles. The van der Waals surface area contributed by atoms with Crippen molar-refractivity contribution in [3.63, 3.8) is 0 Å². The Kier molecular flexibility index (Phi) is 6.95. The Morgan fingerprint density at radius 1 is 0.935 bits per heavy atom. The number of carbonyl (C=O) groups excluding carboxylic acids is 2. The van der Waals surface area contributed by atoms with Crippen molar-refractivity contribution in [1.82, 2.24) is 5.43 Å². The number of rotatable bonds is 7. The lowest BCUT2D eigenvalue weighted by Crippen LogP contribution is -2.18. The Bertz CT molecular complexity index is 1110. The fraction of sp³-hybridized carbons (Fsp3) is 0.0870. The fourth-order valence-electron chi connectivity index (χ4n) is 2.61. The highest BCUT2D eigenvalue weighted by atomic mass is 19.1. The molecule has 7 nitrogen and oxygen atoms in total. The molecule has 3 aromatic rings. The van der Waals surface area contributed by atoms with Crippen LogP contribution in [0.5, 0.6) is 17.2 Å². The summed E-state index contributed by atoms with van der Waals surface area (Å²) in [5.74, 6) is -0.729. The lowest BCUT2D eigenvalue weighted by atomic mass is 10.2. The predicted molar refractivity (Wildman–Crippen MR) is 112 cm³/mol. The van der Waals surface area contributed by atoms with Gasteiger partial charge in [0.15, 0.2) is 11.5 Å². The van der Waals surface area contributed by atoms with Crippen molar-refractivity contribution in [2.45, 2.75) is 0 Å². The molecule has 3 rings (SSSR count). The minimum Gasteiger partial charge on any atom is -0.497 e. The van der Waals surface area contributed by atoms with Gasteiger partial charge in [-0.25, -0.2) is 14.6 Å². The number of benzene rings is 3. The van der Waals surface area contributed by atoms with E-state index in [1.807, 2.05) is 0 Å². The van der Waals surface area contributed by atoms with E-state index in [1.54, 1.807) is 48.5 Å². The molecule has 1 amide bonds. The molecule has 0 aliphatic rings. The van der Waals surface area contributed by atoms with E-state index in [9.17, 15) is 14.0 Å². The fourth-order valence-corrected chi connectivity index (χ4v) is 2.61. The zero-order chi connectivity index (χ0) is 22.2. The zero-order valence-electron chi connectivity index (χ0n) is 16.8. The maximum Gasteiger partial charge on any atom is 0.343 e. The second-order valence-corrected chi connectivity index (χ2v) is 6.21. The van der Waals surface area contributed by atoms with Crippen LogP contribution in [0, 0.1) is 5.82 Å². The Hall–Kier alpha value is -4.20. The maximum atomic E-state index is 13.6. The van der Waals surface area contributed by atoms with Crippen LogP contribution in [-0.2, 0) is 0 Å². The first-order valence-corrected chi connectivity index (χ1v) is 9.14. The molecule has 0 fully saturated rings. The van der Waals surface area contributed by atoms with E-state index in [2.05, 4.69) is 10.5 Å². The molecule has 0 unspecified atom stereocenters. The Labute approximate surface area is 178 Å². The Morgan fingerprint density at radius 2 is 1.68 bits per heavy atom. The van der Waals surface area contributed by atoms with Gasteiger partial charge in [0.25, 0.3) is 5.91 Å². The summed E-state index contributed by atoms with van der Waals surface area (Å²) in [6, 6.07) is 16.8. The average molecular weight is 422 g/mol. The van der Waals surface area contributed by atoms with Gasteiger partial charge in [0.1, 0.15) is 11.6 Å². The van der Waals surface area contributed by atoms with Crippen molar-refractivity contribution in [3.8, 4) is 17.2 Å². The third-order valence-corrected chi connectivity index (χ3v) is 4.21. The predicted octanol–water partition coefficient (Wildman–Crippen LogP) is 3.83. The van der Waals surface area contributed by atoms with E-state index in [0.717, 1.165) is 0 Å². The summed E-state index contributed by atoms with van der Waals surface area (Å²) in [6.07, 6.45) is 1.36. The maximum absolute atomic E-state index is 13.6. The van der Waals surface area contributed by atoms with Crippen molar-refractivity contribution in [1.29, 1.82) is 0 Å². The summed E-state index contributed by atoms with van der Waals surface area (Å²) in [6.45, 7) is 0. The molecule has 0 radical (unpaired) electrons. The second-order valence-electron chi connectivity index (χ2n) is 6.21. The molecule has 0 aromatic heterocycles. The summed E-state index contributed by atoms with van der Waals surface area (Å²) in [7, 11) is 2.97. The summed E-state index contributed by atoms with van der Waals surface area (Å²) in [4.78, 5) is 24.3. The SMILES string of the molecule is COc1ccc(C(=O)Oc2ccc(/C=N/NC(=O)c3ccccc3F)cc2OC)cc1. The van der Waals surface area contributed by atoms with Crippen molar-refractivity contribution in [2.24, 2.45) is 5.10 Å². The monoisotopic (exact) mass is 422 g/mol. The van der Waals surface area contributed by atoms with Gasteiger partial charge < -0.3 is 14.2 Å². The summed E-state index contributed by atoms with van der Waals surface area (Å²) in [5.41, 5.74) is 3.06. The molecule has 0 atom stereocenters. The molecule has 0 saturated heterocycles. The molecule has 0 saturated carbocycles. The van der Waals surface area contributed by atoms with Crippen LogP contribution in [0.2, 0.25) is 0 Å². The number of esters is 1. The number of hydrogen-bond acceptors (Lipinski definition) is 6. The number of nitrogens with zero attached hydrogens (tertiary/aromatic N) is 1. The number of hydrazone groups is 1. The van der Waals surface area contributed by atoms with Crippen LogP contribution in [0.15, 0.2) is 71.8 Å². The first kappa shape index (κ1) is 21.5. The molecule has 0 spiro atoms. The van der Waals surface area contributed by atoms with Crippen LogP contribution in [0.4, 0.5) is 4.39 Å². The number of methoxy groups -OCH3 is 2. The van der Waals surface area contributed by atoms with Gasteiger partial charge in [0.2, 0.25) is 0 Å². The van der Waals surface area contributed by atoms with Gasteiger partial charge in [0, 0.05) is 0 Å². The highest BCUT2D eigenvalue weighted by Gasteiger charge is 2.13. The molecule has 158 valence electrons. The minimum absolute atomic E-state index is 0.113. The van der Waals surface area contributed by atoms with E-state index in [0.29, 0.717) is 22.6 Å². The lowest BCUT2D eigenvalue weighted by Gasteiger charge is -2.10. The average Bonchev–Trinajstić information content (AvgIpc) is 2.80. The number of halogens is 1. The summed E-state index contributed by atoms with van der Waals surface area (Å²) < 4.78 is 29.4. The Balaban J connectivity index is 1.67. The first-order valence-electron chi connectivity index (χ1n) is 9.14. The van der Waals surface area contributed by atoms with Crippen LogP contribution in [0.25, 0.3) is 0 Å². The van der Waals surface area contributed by atoms with Crippen molar-refractivity contribution in [3.05, 3.63) is 89.2 Å². The smallest absolute Gasteiger partial charge is 0.343 e. The van der Waals surface area contributed by atoms with Gasteiger partial charge in [0.05, 0.1) is 31.6 Å². The molecule has 0 bridgehead atoms. The third-order valence-electron chi connectivity index (χ3n) is 4.21. The quantitative estimate of drug-likeness (QED) is 0.271. The topological polar surface area (TPSA) is 86.2 Å². The van der Waals surface area contributed by atoms with Crippen molar-refractivity contribution >= 4 is 18.1 Å². The second kappa shape index (κ2) is 10.0. The van der Waals surface area contributed by atoms with Gasteiger partial charge >= 0.3 is 5.97 Å². The van der Waals surface area contributed by atoms with E-state index >= 15 is 0 Å². The molecular formula is C23H19FN2O5. The van der Waals surface area contributed by atoms with E-state index in [-0.39, 0.29) is 11.3 Å². The molecule has 1 N–H and O–H groups in total. The number of carbonyl (C=O) groups is 2. The lowest BCUT2D eigenvalue weighted by molar-refractivity contribution is 0.0729. The number of nitrogens with one attached hydrogen (secondary N) is 1. The van der Waals surface area contributed by atoms with Gasteiger partial charge in [-0.2, -0.15) is 5.10 Å². The molecular weight excluding hydrogens is 403 g/mol. The van der Waals surface area contributed by atoms with Crippen LogP contribution in [0.3, 0.4) is 0 Å². The van der Waals surface area contributed by atoms with E-state index in [4.69, 9.17) is 14.2 Å². The van der Waals surface area contributed by atoms with Crippen LogP contribution in [0.1, 0.15) is 26.3 Å². The molecule has 0 aliphatic heterocycles. The number of hydrogen-bond donors (Lipinski definition) is 1. The van der Waals surface area contributed by atoms with Crippen molar-refractivity contribution in [2.75, 3.05) is 14.2 Å². The zero-order valence-corrected chi connectivity index (χ0v) is 16.8. The standard InChI is InChI=1S/C23H19FN2O5/c1-29-17-10-8-16(9-11-17)23(28)31-20-12-7-15(13-21(20)30-2)14-25-26-22(27)18-5-3-4-6-19(18)24/h3-14H,1-2H3,(H,26,27)/b25-14+. The highest BCUT2D eigenvalue weighted by molar-refractivity contribution is 5.95. The molecule has 0 aliphatic carbocycles. The van der Waals surface area contributed by atoms with Crippen LogP contribution in [-0.4, -0.2) is 32.3 Å². The normalized spacial score (nSPS) is 10.5. The third kappa shape index (κ3) is 5.45. The summed E-state index contributed by atoms with van der Waals surface area (Å²) in [5, 5.41) is 3.82. The molecule has 3 aromatic carbocycles. The summed E-state index contributed by atoms with van der Waals surface area (Å²) >= 11 is 0. The van der Waals surface area contributed by atoms with Gasteiger partial charge in [-0.05, 0) is 60.2 Å². The van der Waals surface area contributed by atoms with Crippen LogP contribution < -0.4 is 19.6 Å². The van der Waals surface area contributed by atoms with Crippen molar-refractivity contribution < 1.29 is 28.2 Å². The van der Waals surface area contributed by atoms with E-state index < -0.39 is 17.7 Å². The molecule has 31 heavy (non-hydrogen) atoms. The van der Waals surface area contributed by atoms with E-state index in [1.165, 1.54) is 38.6 Å². The minimum atomic E-state index is -0.675. The first-order chi connectivity index (χ1) is 15.0. The van der Waals surface area contributed by atoms with Gasteiger partial charge in [-0.15, -0.1) is 0 Å². The van der Waals surface area contributed by atoms with Gasteiger partial charge in [-0.1, -0.05) is 12.1 Å².